The number of para-hydroxylation sites is 1. The Morgan fingerprint density at radius 1 is 1.00 bits per heavy atom. The van der Waals surface area contributed by atoms with Gasteiger partial charge in [-0.1, -0.05) is 24.3 Å². The van der Waals surface area contributed by atoms with Crippen molar-refractivity contribution >= 4 is 0 Å². The van der Waals surface area contributed by atoms with E-state index >= 15 is 0 Å². The normalized spacial score (nSPS) is 11.5. The Hall–Kier alpha value is -1.87. The molecule has 0 heterocycles. The highest BCUT2D eigenvalue weighted by Gasteiger charge is 2.15. The summed E-state index contributed by atoms with van der Waals surface area (Å²) in [4.78, 5) is 0. The van der Waals surface area contributed by atoms with E-state index in [0.29, 0.717) is 17.9 Å². The molecular formula is C18H22FNO. The Balaban J connectivity index is 2.27. The molecule has 0 aromatic heterocycles. The van der Waals surface area contributed by atoms with E-state index in [9.17, 15) is 4.39 Å². The molecule has 0 saturated carbocycles. The minimum atomic E-state index is -0.252. The Morgan fingerprint density at radius 3 is 2.33 bits per heavy atom. The molecule has 0 radical (unpaired) electrons. The summed E-state index contributed by atoms with van der Waals surface area (Å²) >= 11 is 0. The van der Waals surface area contributed by atoms with Crippen LogP contribution in [0.2, 0.25) is 0 Å². The van der Waals surface area contributed by atoms with Crippen LogP contribution in [0.3, 0.4) is 0 Å². The Morgan fingerprint density at radius 2 is 1.67 bits per heavy atom. The molecule has 0 amide bonds. The van der Waals surface area contributed by atoms with Gasteiger partial charge in [0.05, 0.1) is 0 Å². The molecule has 112 valence electrons. The van der Waals surface area contributed by atoms with Gasteiger partial charge in [0.2, 0.25) is 0 Å². The molecule has 1 N–H and O–H groups in total. The fraction of sp³-hybridized carbons (Fsp3) is 0.333. The molecule has 0 atom stereocenters. The van der Waals surface area contributed by atoms with Gasteiger partial charge in [0, 0.05) is 17.6 Å². The van der Waals surface area contributed by atoms with Gasteiger partial charge in [0.1, 0.15) is 17.3 Å². The van der Waals surface area contributed by atoms with E-state index in [1.807, 2.05) is 31.2 Å². The van der Waals surface area contributed by atoms with E-state index in [0.717, 1.165) is 11.3 Å². The Labute approximate surface area is 126 Å². The standard InChI is InChI=1S/C18H22FNO/c1-13-8-5-6-10-16(13)21-17-11-7-9-15(19)14(17)12-20-18(2,3)4/h5-11,20H,12H2,1-4H3. The van der Waals surface area contributed by atoms with Gasteiger partial charge < -0.3 is 10.1 Å². The van der Waals surface area contributed by atoms with Crippen LogP contribution in [-0.4, -0.2) is 5.54 Å². The maximum absolute atomic E-state index is 14.1. The summed E-state index contributed by atoms with van der Waals surface area (Å²) in [6, 6.07) is 12.7. The number of rotatable bonds is 4. The third-order valence-corrected chi connectivity index (χ3v) is 3.18. The molecule has 3 heteroatoms. The zero-order valence-electron chi connectivity index (χ0n) is 13.0. The monoisotopic (exact) mass is 287 g/mol. The highest BCUT2D eigenvalue weighted by atomic mass is 19.1. The van der Waals surface area contributed by atoms with Crippen molar-refractivity contribution in [2.45, 2.75) is 39.8 Å². The molecule has 0 saturated heterocycles. The molecule has 0 spiro atoms. The smallest absolute Gasteiger partial charge is 0.134 e. The topological polar surface area (TPSA) is 21.3 Å². The van der Waals surface area contributed by atoms with Gasteiger partial charge in [-0.05, 0) is 51.5 Å². The van der Waals surface area contributed by atoms with Crippen molar-refractivity contribution in [2.24, 2.45) is 0 Å². The van der Waals surface area contributed by atoms with Crippen LogP contribution in [0.15, 0.2) is 42.5 Å². The lowest BCUT2D eigenvalue weighted by Crippen LogP contribution is -2.35. The average Bonchev–Trinajstić information content (AvgIpc) is 2.39. The van der Waals surface area contributed by atoms with E-state index in [4.69, 9.17) is 4.74 Å². The van der Waals surface area contributed by atoms with E-state index in [-0.39, 0.29) is 11.4 Å². The Kier molecular flexibility index (Phi) is 4.63. The van der Waals surface area contributed by atoms with Crippen LogP contribution in [0.1, 0.15) is 31.9 Å². The van der Waals surface area contributed by atoms with Gasteiger partial charge >= 0.3 is 0 Å². The number of halogens is 1. The first kappa shape index (κ1) is 15.5. The van der Waals surface area contributed by atoms with Crippen LogP contribution in [0.25, 0.3) is 0 Å². The second-order valence-corrected chi connectivity index (χ2v) is 6.19. The highest BCUT2D eigenvalue weighted by Crippen LogP contribution is 2.29. The number of benzene rings is 2. The second kappa shape index (κ2) is 6.27. The fourth-order valence-corrected chi connectivity index (χ4v) is 1.95. The lowest BCUT2D eigenvalue weighted by Gasteiger charge is -2.22. The largest absolute Gasteiger partial charge is 0.457 e. The minimum absolute atomic E-state index is 0.0811. The first-order valence-corrected chi connectivity index (χ1v) is 7.13. The van der Waals surface area contributed by atoms with Crippen LogP contribution < -0.4 is 10.1 Å². The number of aryl methyl sites for hydroxylation is 1. The third-order valence-electron chi connectivity index (χ3n) is 3.18. The number of hydrogen-bond acceptors (Lipinski definition) is 2. The molecule has 0 aliphatic carbocycles. The lowest BCUT2D eigenvalue weighted by molar-refractivity contribution is 0.405. The zero-order chi connectivity index (χ0) is 15.5. The van der Waals surface area contributed by atoms with Crippen LogP contribution >= 0.6 is 0 Å². The number of ether oxygens (including phenoxy) is 1. The van der Waals surface area contributed by atoms with Crippen LogP contribution in [-0.2, 0) is 6.54 Å². The second-order valence-electron chi connectivity index (χ2n) is 6.19. The molecule has 2 aromatic carbocycles. The van der Waals surface area contributed by atoms with Crippen LogP contribution in [0, 0.1) is 12.7 Å². The highest BCUT2D eigenvalue weighted by molar-refractivity contribution is 5.41. The van der Waals surface area contributed by atoms with Crippen molar-refractivity contribution in [2.75, 3.05) is 0 Å². The molecule has 2 rings (SSSR count). The maximum atomic E-state index is 14.1. The van der Waals surface area contributed by atoms with Crippen LogP contribution in [0.5, 0.6) is 11.5 Å². The summed E-state index contributed by atoms with van der Waals surface area (Å²) in [5.41, 5.74) is 1.49. The summed E-state index contributed by atoms with van der Waals surface area (Å²) in [6.07, 6.45) is 0. The van der Waals surface area contributed by atoms with Crippen molar-refractivity contribution in [3.63, 3.8) is 0 Å². The summed E-state index contributed by atoms with van der Waals surface area (Å²) in [5, 5.41) is 3.30. The lowest BCUT2D eigenvalue weighted by atomic mass is 10.1. The minimum Gasteiger partial charge on any atom is -0.457 e. The van der Waals surface area contributed by atoms with Gasteiger partial charge in [0.25, 0.3) is 0 Å². The maximum Gasteiger partial charge on any atom is 0.134 e. The summed E-state index contributed by atoms with van der Waals surface area (Å²) in [7, 11) is 0. The van der Waals surface area contributed by atoms with Crippen LogP contribution in [0.4, 0.5) is 4.39 Å². The molecule has 21 heavy (non-hydrogen) atoms. The van der Waals surface area contributed by atoms with Crippen molar-refractivity contribution < 1.29 is 9.13 Å². The van der Waals surface area contributed by atoms with Gasteiger partial charge in [-0.15, -0.1) is 0 Å². The first-order valence-electron chi connectivity index (χ1n) is 7.13. The zero-order valence-corrected chi connectivity index (χ0v) is 13.0. The van der Waals surface area contributed by atoms with Crippen molar-refractivity contribution in [3.05, 3.63) is 59.4 Å². The van der Waals surface area contributed by atoms with Gasteiger partial charge in [0.15, 0.2) is 0 Å². The summed E-state index contributed by atoms with van der Waals surface area (Å²) < 4.78 is 20.0. The van der Waals surface area contributed by atoms with Gasteiger partial charge in [-0.2, -0.15) is 0 Å². The number of hydrogen-bond donors (Lipinski definition) is 1. The van der Waals surface area contributed by atoms with Crippen molar-refractivity contribution in [3.8, 4) is 11.5 Å². The van der Waals surface area contributed by atoms with Crippen molar-refractivity contribution in [1.29, 1.82) is 0 Å². The van der Waals surface area contributed by atoms with E-state index in [1.165, 1.54) is 6.07 Å². The molecule has 0 bridgehead atoms. The third kappa shape index (κ3) is 4.30. The molecule has 0 fully saturated rings. The Bertz CT molecular complexity index is 617. The predicted octanol–water partition coefficient (Wildman–Crippen LogP) is 4.81. The molecule has 2 aromatic rings. The molecule has 0 aliphatic rings. The SMILES string of the molecule is Cc1ccccc1Oc1cccc(F)c1CNC(C)(C)C. The van der Waals surface area contributed by atoms with Crippen molar-refractivity contribution in [1.82, 2.24) is 5.32 Å². The quantitative estimate of drug-likeness (QED) is 0.871. The predicted molar refractivity (Wildman–Crippen MR) is 84.2 cm³/mol. The van der Waals surface area contributed by atoms with E-state index < -0.39 is 0 Å². The summed E-state index contributed by atoms with van der Waals surface area (Å²) in [6.45, 7) is 8.56. The number of nitrogens with one attached hydrogen (secondary N) is 1. The van der Waals surface area contributed by atoms with Gasteiger partial charge in [-0.3, -0.25) is 0 Å². The first-order chi connectivity index (χ1) is 9.87. The summed E-state index contributed by atoms with van der Waals surface area (Å²) in [5.74, 6) is 1.05. The van der Waals surface area contributed by atoms with E-state index in [1.54, 1.807) is 12.1 Å². The van der Waals surface area contributed by atoms with E-state index in [2.05, 4.69) is 26.1 Å². The molecule has 0 unspecified atom stereocenters. The molecule has 2 nitrogen and oxygen atoms in total. The molecular weight excluding hydrogens is 265 g/mol. The van der Waals surface area contributed by atoms with Gasteiger partial charge in [-0.25, -0.2) is 4.39 Å². The molecule has 0 aliphatic heterocycles. The average molecular weight is 287 g/mol. The fourth-order valence-electron chi connectivity index (χ4n) is 1.95.